The Bertz CT molecular complexity index is 533. The van der Waals surface area contributed by atoms with Crippen LogP contribution in [0.3, 0.4) is 0 Å². The standard InChI is InChI=1S/C14H17FN2O4/c1-3-17(9-13(19)21-2)12(18)8-16-14(20)10-6-4-5-7-11(10)15/h4-7H,3,8-9H2,1-2H3,(H,16,20). The van der Waals surface area contributed by atoms with Gasteiger partial charge in [-0.25, -0.2) is 4.39 Å². The van der Waals surface area contributed by atoms with Crippen molar-refractivity contribution in [3.63, 3.8) is 0 Å². The van der Waals surface area contributed by atoms with Gasteiger partial charge in [-0.1, -0.05) is 12.1 Å². The van der Waals surface area contributed by atoms with E-state index < -0.39 is 23.6 Å². The Kier molecular flexibility index (Phi) is 6.32. The minimum Gasteiger partial charge on any atom is -0.468 e. The van der Waals surface area contributed by atoms with Gasteiger partial charge < -0.3 is 15.0 Å². The molecular formula is C14H17FN2O4. The highest BCUT2D eigenvalue weighted by atomic mass is 19.1. The molecule has 0 unspecified atom stereocenters. The van der Waals surface area contributed by atoms with Crippen LogP contribution in [0.2, 0.25) is 0 Å². The molecule has 6 nitrogen and oxygen atoms in total. The fourth-order valence-corrected chi connectivity index (χ4v) is 1.60. The largest absolute Gasteiger partial charge is 0.468 e. The van der Waals surface area contributed by atoms with Crippen LogP contribution in [0.1, 0.15) is 17.3 Å². The average molecular weight is 296 g/mol. The van der Waals surface area contributed by atoms with Gasteiger partial charge in [-0.05, 0) is 19.1 Å². The van der Waals surface area contributed by atoms with Gasteiger partial charge in [0.25, 0.3) is 5.91 Å². The summed E-state index contributed by atoms with van der Waals surface area (Å²) >= 11 is 0. The van der Waals surface area contributed by atoms with Gasteiger partial charge in [-0.3, -0.25) is 14.4 Å². The van der Waals surface area contributed by atoms with Gasteiger partial charge in [0.1, 0.15) is 12.4 Å². The normalized spacial score (nSPS) is 9.86. The molecule has 1 aromatic rings. The van der Waals surface area contributed by atoms with Crippen LogP contribution in [0.4, 0.5) is 4.39 Å². The van der Waals surface area contributed by atoms with Crippen LogP contribution in [-0.2, 0) is 14.3 Å². The summed E-state index contributed by atoms with van der Waals surface area (Å²) in [5.74, 6) is -2.35. The zero-order chi connectivity index (χ0) is 15.8. The first-order valence-corrected chi connectivity index (χ1v) is 6.36. The number of halogens is 1. The molecule has 0 saturated carbocycles. The zero-order valence-electron chi connectivity index (χ0n) is 11.9. The minimum absolute atomic E-state index is 0.138. The van der Waals surface area contributed by atoms with E-state index in [-0.39, 0.29) is 18.7 Å². The maximum Gasteiger partial charge on any atom is 0.325 e. The topological polar surface area (TPSA) is 75.7 Å². The van der Waals surface area contributed by atoms with Gasteiger partial charge in [-0.2, -0.15) is 0 Å². The first-order valence-electron chi connectivity index (χ1n) is 6.36. The summed E-state index contributed by atoms with van der Waals surface area (Å²) in [5, 5.41) is 2.32. The summed E-state index contributed by atoms with van der Waals surface area (Å²) in [7, 11) is 1.22. The molecule has 0 aliphatic carbocycles. The fraction of sp³-hybridized carbons (Fsp3) is 0.357. The lowest BCUT2D eigenvalue weighted by Gasteiger charge is -2.19. The molecule has 0 saturated heterocycles. The quantitative estimate of drug-likeness (QED) is 0.779. The van der Waals surface area contributed by atoms with Crippen molar-refractivity contribution in [2.75, 3.05) is 26.7 Å². The van der Waals surface area contributed by atoms with Gasteiger partial charge >= 0.3 is 5.97 Å². The molecule has 0 atom stereocenters. The van der Waals surface area contributed by atoms with Crippen molar-refractivity contribution in [1.29, 1.82) is 0 Å². The molecule has 0 aliphatic heterocycles. The first-order chi connectivity index (χ1) is 9.99. The Balaban J connectivity index is 2.57. The summed E-state index contributed by atoms with van der Waals surface area (Å²) in [4.78, 5) is 36.0. The lowest BCUT2D eigenvalue weighted by molar-refractivity contribution is -0.146. The maximum absolute atomic E-state index is 13.4. The number of amides is 2. The monoisotopic (exact) mass is 296 g/mol. The Hall–Kier alpha value is -2.44. The summed E-state index contributed by atoms with van der Waals surface area (Å²) in [6, 6.07) is 5.47. The molecule has 0 spiro atoms. The fourth-order valence-electron chi connectivity index (χ4n) is 1.60. The summed E-state index contributed by atoms with van der Waals surface area (Å²) in [6.45, 7) is 1.47. The number of hydrogen-bond donors (Lipinski definition) is 1. The summed E-state index contributed by atoms with van der Waals surface area (Å²) in [6.07, 6.45) is 0. The number of benzene rings is 1. The van der Waals surface area contributed by atoms with Gasteiger partial charge in [0.15, 0.2) is 0 Å². The van der Waals surface area contributed by atoms with Crippen LogP contribution in [0.25, 0.3) is 0 Å². The van der Waals surface area contributed by atoms with Crippen molar-refractivity contribution >= 4 is 17.8 Å². The maximum atomic E-state index is 13.4. The lowest BCUT2D eigenvalue weighted by Crippen LogP contribution is -2.42. The van der Waals surface area contributed by atoms with E-state index in [0.717, 1.165) is 6.07 Å². The van der Waals surface area contributed by atoms with Crippen LogP contribution in [0.15, 0.2) is 24.3 Å². The molecule has 1 aromatic carbocycles. The van der Waals surface area contributed by atoms with Crippen LogP contribution < -0.4 is 5.32 Å². The zero-order valence-corrected chi connectivity index (χ0v) is 11.9. The van der Waals surface area contributed by atoms with Crippen molar-refractivity contribution in [2.24, 2.45) is 0 Å². The van der Waals surface area contributed by atoms with Crippen molar-refractivity contribution in [1.82, 2.24) is 10.2 Å². The van der Waals surface area contributed by atoms with E-state index in [4.69, 9.17) is 0 Å². The molecule has 0 bridgehead atoms. The van der Waals surface area contributed by atoms with E-state index in [1.807, 2.05) is 0 Å². The van der Waals surface area contributed by atoms with Crippen LogP contribution in [0.5, 0.6) is 0 Å². The predicted molar refractivity (Wildman–Crippen MR) is 73.0 cm³/mol. The Morgan fingerprint density at radius 1 is 1.29 bits per heavy atom. The number of carbonyl (C=O) groups is 3. The molecule has 2 amide bonds. The second kappa shape index (κ2) is 7.98. The number of hydrogen-bond acceptors (Lipinski definition) is 4. The van der Waals surface area contributed by atoms with Gasteiger partial charge in [0.2, 0.25) is 5.91 Å². The Morgan fingerprint density at radius 3 is 2.52 bits per heavy atom. The lowest BCUT2D eigenvalue weighted by atomic mass is 10.2. The molecular weight excluding hydrogens is 279 g/mol. The second-order valence-electron chi connectivity index (χ2n) is 4.15. The Morgan fingerprint density at radius 2 is 1.95 bits per heavy atom. The van der Waals surface area contributed by atoms with E-state index in [2.05, 4.69) is 10.1 Å². The van der Waals surface area contributed by atoms with Crippen LogP contribution >= 0.6 is 0 Å². The number of nitrogens with one attached hydrogen (secondary N) is 1. The van der Waals surface area contributed by atoms with Crippen molar-refractivity contribution in [2.45, 2.75) is 6.92 Å². The highest BCUT2D eigenvalue weighted by Crippen LogP contribution is 2.05. The van der Waals surface area contributed by atoms with E-state index in [9.17, 15) is 18.8 Å². The molecule has 1 N–H and O–H groups in total. The molecule has 21 heavy (non-hydrogen) atoms. The molecule has 0 fully saturated rings. The molecule has 0 radical (unpaired) electrons. The molecule has 114 valence electrons. The van der Waals surface area contributed by atoms with E-state index in [1.165, 1.54) is 30.2 Å². The Labute approximate surface area is 121 Å². The number of esters is 1. The molecule has 0 heterocycles. The van der Waals surface area contributed by atoms with Gasteiger partial charge in [0, 0.05) is 6.54 Å². The average Bonchev–Trinajstić information content (AvgIpc) is 2.50. The van der Waals surface area contributed by atoms with Crippen molar-refractivity contribution in [3.8, 4) is 0 Å². The number of rotatable bonds is 6. The summed E-state index contributed by atoms with van der Waals surface area (Å²) in [5.41, 5.74) is -0.138. The highest BCUT2D eigenvalue weighted by molar-refractivity contribution is 5.96. The summed E-state index contributed by atoms with van der Waals surface area (Å²) < 4.78 is 17.9. The van der Waals surface area contributed by atoms with E-state index in [0.29, 0.717) is 6.54 Å². The third-order valence-electron chi connectivity index (χ3n) is 2.80. The molecule has 0 aliphatic rings. The van der Waals surface area contributed by atoms with Crippen molar-refractivity contribution in [3.05, 3.63) is 35.6 Å². The number of ether oxygens (including phenoxy) is 1. The van der Waals surface area contributed by atoms with E-state index >= 15 is 0 Å². The number of nitrogens with zero attached hydrogens (tertiary/aromatic N) is 1. The minimum atomic E-state index is -0.685. The second-order valence-corrected chi connectivity index (χ2v) is 4.15. The highest BCUT2D eigenvalue weighted by Gasteiger charge is 2.17. The van der Waals surface area contributed by atoms with Gasteiger partial charge in [-0.15, -0.1) is 0 Å². The number of methoxy groups -OCH3 is 1. The smallest absolute Gasteiger partial charge is 0.325 e. The van der Waals surface area contributed by atoms with Crippen molar-refractivity contribution < 1.29 is 23.5 Å². The SMILES string of the molecule is CCN(CC(=O)OC)C(=O)CNC(=O)c1ccccc1F. The number of carbonyl (C=O) groups excluding carboxylic acids is 3. The number of likely N-dealkylation sites (N-methyl/N-ethyl adjacent to an activating group) is 1. The molecule has 1 rings (SSSR count). The third-order valence-corrected chi connectivity index (χ3v) is 2.80. The third kappa shape index (κ3) is 4.87. The van der Waals surface area contributed by atoms with Crippen LogP contribution in [0, 0.1) is 5.82 Å². The molecule has 0 aromatic heterocycles. The van der Waals surface area contributed by atoms with Crippen LogP contribution in [-0.4, -0.2) is 49.4 Å². The van der Waals surface area contributed by atoms with Gasteiger partial charge in [0.05, 0.1) is 19.2 Å². The first kappa shape index (κ1) is 16.6. The molecule has 7 heteroatoms. The van der Waals surface area contributed by atoms with E-state index in [1.54, 1.807) is 6.92 Å². The predicted octanol–water partition coefficient (Wildman–Crippen LogP) is 0.577.